The summed E-state index contributed by atoms with van der Waals surface area (Å²) in [6.45, 7) is 0.228. The number of nitrogens with zero attached hydrogens (tertiary/aromatic N) is 1. The number of halogens is 3. The molecule has 20 heavy (non-hydrogen) atoms. The predicted octanol–water partition coefficient (Wildman–Crippen LogP) is 2.80. The molecule has 106 valence electrons. The van der Waals surface area contributed by atoms with Gasteiger partial charge in [0.2, 0.25) is 6.08 Å². The number of isocyanates is 1. The molecule has 0 N–H and O–H groups in total. The lowest BCUT2D eigenvalue weighted by Gasteiger charge is -2.26. The Morgan fingerprint density at radius 3 is 2.35 bits per heavy atom. The second kappa shape index (κ2) is 4.24. The fraction of sp³-hybridized carbons (Fsp3) is 0.462. The molecule has 4 nitrogen and oxygen atoms in total. The molecule has 0 atom stereocenters. The molecule has 1 aromatic rings. The average Bonchev–Trinajstić information content (AvgIpc) is 3.17. The highest BCUT2D eigenvalue weighted by molar-refractivity contribution is 5.58. The van der Waals surface area contributed by atoms with Crippen LogP contribution in [-0.4, -0.2) is 19.3 Å². The first-order valence-electron chi connectivity index (χ1n) is 6.07. The maximum atomic E-state index is 12.9. The molecule has 1 aromatic carbocycles. The van der Waals surface area contributed by atoms with Crippen molar-refractivity contribution in [3.8, 4) is 11.5 Å². The number of carbonyl (C=O) groups excluding carboxylic acids is 1. The topological polar surface area (TPSA) is 47.9 Å². The number of hydrogen-bond donors (Lipinski definition) is 0. The zero-order chi connectivity index (χ0) is 14.4. The maximum Gasteiger partial charge on any atom is 0.420 e. The summed E-state index contributed by atoms with van der Waals surface area (Å²) in [7, 11) is 0. The van der Waals surface area contributed by atoms with Crippen molar-refractivity contribution in [1.29, 1.82) is 0 Å². The molecule has 1 saturated carbocycles. The second-order valence-corrected chi connectivity index (χ2v) is 4.75. The second-order valence-electron chi connectivity index (χ2n) is 4.75. The molecular formula is C13H10F3NO3. The van der Waals surface area contributed by atoms with E-state index in [4.69, 9.17) is 9.47 Å². The molecule has 0 radical (unpaired) electrons. The van der Waals surface area contributed by atoms with Gasteiger partial charge in [-0.1, -0.05) is 6.07 Å². The number of aliphatic imine (C=N–C) groups is 1. The molecule has 3 rings (SSSR count). The van der Waals surface area contributed by atoms with Crippen LogP contribution < -0.4 is 9.47 Å². The van der Waals surface area contributed by atoms with E-state index in [0.717, 1.165) is 6.07 Å². The summed E-state index contributed by atoms with van der Waals surface area (Å²) in [6, 6.07) is 2.26. The van der Waals surface area contributed by atoms with Crippen molar-refractivity contribution >= 4 is 6.08 Å². The predicted molar refractivity (Wildman–Crippen MR) is 61.5 cm³/mol. The van der Waals surface area contributed by atoms with Crippen LogP contribution in [0.25, 0.3) is 0 Å². The van der Waals surface area contributed by atoms with Crippen LogP contribution in [0, 0.1) is 0 Å². The highest BCUT2D eigenvalue weighted by Crippen LogP contribution is 2.56. The summed E-state index contributed by atoms with van der Waals surface area (Å²) in [5, 5.41) is 0. The normalized spacial score (nSPS) is 19.1. The van der Waals surface area contributed by atoms with Gasteiger partial charge in [0.1, 0.15) is 24.3 Å². The third kappa shape index (κ3) is 1.94. The van der Waals surface area contributed by atoms with Crippen molar-refractivity contribution in [2.75, 3.05) is 13.2 Å². The largest absolute Gasteiger partial charge is 0.486 e. The molecule has 0 bridgehead atoms. The summed E-state index contributed by atoms with van der Waals surface area (Å²) < 4.78 is 49.3. The first kappa shape index (κ1) is 13.0. The van der Waals surface area contributed by atoms with Gasteiger partial charge in [-0.25, -0.2) is 4.79 Å². The van der Waals surface area contributed by atoms with Crippen LogP contribution in [0.4, 0.5) is 13.2 Å². The molecule has 1 aliphatic carbocycles. The number of fused-ring (bicyclic) bond motifs is 1. The minimum absolute atomic E-state index is 0.0441. The van der Waals surface area contributed by atoms with Crippen molar-refractivity contribution in [3.63, 3.8) is 0 Å². The van der Waals surface area contributed by atoms with E-state index >= 15 is 0 Å². The zero-order valence-electron chi connectivity index (χ0n) is 10.3. The van der Waals surface area contributed by atoms with Crippen LogP contribution in [0.2, 0.25) is 0 Å². The Morgan fingerprint density at radius 2 is 1.80 bits per heavy atom. The van der Waals surface area contributed by atoms with E-state index in [-0.39, 0.29) is 24.7 Å². The van der Waals surface area contributed by atoms with Gasteiger partial charge in [0, 0.05) is 5.56 Å². The van der Waals surface area contributed by atoms with Gasteiger partial charge >= 0.3 is 6.18 Å². The fourth-order valence-corrected chi connectivity index (χ4v) is 2.37. The molecule has 1 aliphatic heterocycles. The average molecular weight is 285 g/mol. The van der Waals surface area contributed by atoms with Gasteiger partial charge in [0.15, 0.2) is 11.5 Å². The standard InChI is InChI=1S/C13H10F3NO3/c14-13(15,16)9-2-1-8(12(3-4-12)17-7-18)10-11(9)20-6-5-19-10/h1-2H,3-6H2. The third-order valence-electron chi connectivity index (χ3n) is 3.48. The minimum Gasteiger partial charge on any atom is -0.486 e. The van der Waals surface area contributed by atoms with Crippen LogP contribution >= 0.6 is 0 Å². The zero-order valence-corrected chi connectivity index (χ0v) is 10.3. The molecule has 0 unspecified atom stereocenters. The molecule has 0 spiro atoms. The van der Waals surface area contributed by atoms with E-state index in [1.807, 2.05) is 0 Å². The van der Waals surface area contributed by atoms with E-state index in [1.165, 1.54) is 12.1 Å². The highest BCUT2D eigenvalue weighted by Gasteiger charge is 2.49. The van der Waals surface area contributed by atoms with Crippen molar-refractivity contribution in [1.82, 2.24) is 0 Å². The molecular weight excluding hydrogens is 275 g/mol. The molecule has 0 aromatic heterocycles. The van der Waals surface area contributed by atoms with Crippen molar-refractivity contribution < 1.29 is 27.4 Å². The van der Waals surface area contributed by atoms with Crippen LogP contribution in [0.1, 0.15) is 24.0 Å². The summed E-state index contributed by atoms with van der Waals surface area (Å²) in [6.07, 6.45) is -1.87. The molecule has 0 saturated heterocycles. The molecule has 0 amide bonds. The van der Waals surface area contributed by atoms with Gasteiger partial charge in [-0.3, -0.25) is 0 Å². The van der Waals surface area contributed by atoms with E-state index in [1.54, 1.807) is 0 Å². The number of rotatable bonds is 2. The summed E-state index contributed by atoms with van der Waals surface area (Å²) in [4.78, 5) is 14.2. The Labute approximate surface area is 112 Å². The van der Waals surface area contributed by atoms with Crippen LogP contribution in [0.5, 0.6) is 11.5 Å². The van der Waals surface area contributed by atoms with Gasteiger partial charge in [-0.05, 0) is 18.9 Å². The smallest absolute Gasteiger partial charge is 0.420 e. The maximum absolute atomic E-state index is 12.9. The number of alkyl halides is 3. The summed E-state index contributed by atoms with van der Waals surface area (Å²) >= 11 is 0. The Kier molecular flexibility index (Phi) is 2.76. The van der Waals surface area contributed by atoms with Gasteiger partial charge < -0.3 is 9.47 Å². The minimum atomic E-state index is -4.52. The van der Waals surface area contributed by atoms with E-state index in [9.17, 15) is 18.0 Å². The quantitative estimate of drug-likeness (QED) is 0.620. The lowest BCUT2D eigenvalue weighted by molar-refractivity contribution is -0.139. The lowest BCUT2D eigenvalue weighted by atomic mass is 10.00. The van der Waals surface area contributed by atoms with Crippen LogP contribution in [-0.2, 0) is 16.5 Å². The first-order chi connectivity index (χ1) is 9.48. The number of benzene rings is 1. The third-order valence-corrected chi connectivity index (χ3v) is 3.48. The van der Waals surface area contributed by atoms with Crippen molar-refractivity contribution in [2.24, 2.45) is 4.99 Å². The van der Waals surface area contributed by atoms with Gasteiger partial charge in [-0.15, -0.1) is 0 Å². The highest BCUT2D eigenvalue weighted by atomic mass is 19.4. The van der Waals surface area contributed by atoms with Gasteiger partial charge in [-0.2, -0.15) is 18.2 Å². The van der Waals surface area contributed by atoms with Crippen molar-refractivity contribution in [2.45, 2.75) is 24.6 Å². The Morgan fingerprint density at radius 1 is 1.15 bits per heavy atom. The number of hydrogen-bond acceptors (Lipinski definition) is 4. The molecule has 1 heterocycles. The van der Waals surface area contributed by atoms with E-state index < -0.39 is 17.3 Å². The SMILES string of the molecule is O=C=NC1(c2ccc(C(F)(F)F)c3c2OCCO3)CC1. The van der Waals surface area contributed by atoms with Gasteiger partial charge in [0.25, 0.3) is 0 Å². The fourth-order valence-electron chi connectivity index (χ4n) is 2.37. The Balaban J connectivity index is 2.17. The van der Waals surface area contributed by atoms with Crippen molar-refractivity contribution in [3.05, 3.63) is 23.3 Å². The molecule has 7 heteroatoms. The summed E-state index contributed by atoms with van der Waals surface area (Å²) in [5.74, 6) is -0.267. The summed E-state index contributed by atoms with van der Waals surface area (Å²) in [5.41, 5.74) is -1.21. The van der Waals surface area contributed by atoms with E-state index in [0.29, 0.717) is 18.4 Å². The van der Waals surface area contributed by atoms with Crippen LogP contribution in [0.3, 0.4) is 0 Å². The molecule has 1 fully saturated rings. The number of ether oxygens (including phenoxy) is 2. The van der Waals surface area contributed by atoms with E-state index in [2.05, 4.69) is 4.99 Å². The van der Waals surface area contributed by atoms with Gasteiger partial charge in [0.05, 0.1) is 0 Å². The first-order valence-corrected chi connectivity index (χ1v) is 6.07. The lowest BCUT2D eigenvalue weighted by Crippen LogP contribution is -2.22. The Bertz CT molecular complexity index is 602. The monoisotopic (exact) mass is 285 g/mol. The Hall–Kier alpha value is -2.01. The molecule has 2 aliphatic rings. The van der Waals surface area contributed by atoms with Crippen LogP contribution in [0.15, 0.2) is 17.1 Å².